The molecule has 2 amide bonds. The van der Waals surface area contributed by atoms with Crippen LogP contribution in [-0.4, -0.2) is 22.9 Å². The summed E-state index contributed by atoms with van der Waals surface area (Å²) >= 11 is 0. The number of fused-ring (bicyclic) bond motifs is 1. The van der Waals surface area contributed by atoms with Crippen LogP contribution in [0.4, 0.5) is 10.1 Å². The number of rotatable bonds is 2. The number of carboxylic acids is 1. The number of carbonyl (C=O) groups is 3. The second-order valence-corrected chi connectivity index (χ2v) is 5.14. The summed E-state index contributed by atoms with van der Waals surface area (Å²) in [6, 6.07) is 3.27. The number of nitrogens with zero attached hydrogens (tertiary/aromatic N) is 1. The summed E-state index contributed by atoms with van der Waals surface area (Å²) in [6.07, 6.45) is 4.73. The van der Waals surface area contributed by atoms with Gasteiger partial charge in [-0.05, 0) is 31.0 Å². The SMILES string of the molecule is O=C(O)c1ccc(N2C(=O)[C@H]3CC=CC[C@H]3C2=O)cc1F. The maximum Gasteiger partial charge on any atom is 0.338 e. The number of halogens is 1. The molecule has 2 aliphatic rings. The van der Waals surface area contributed by atoms with E-state index in [2.05, 4.69) is 0 Å². The summed E-state index contributed by atoms with van der Waals surface area (Å²) in [5.41, 5.74) is -0.404. The number of carboxylic acid groups (broad SMARTS) is 1. The molecule has 6 heteroatoms. The van der Waals surface area contributed by atoms with Crippen molar-refractivity contribution in [1.82, 2.24) is 0 Å². The van der Waals surface area contributed by atoms with Gasteiger partial charge in [-0.15, -0.1) is 0 Å². The van der Waals surface area contributed by atoms with E-state index in [1.54, 1.807) is 0 Å². The smallest absolute Gasteiger partial charge is 0.338 e. The Morgan fingerprint density at radius 1 is 1.14 bits per heavy atom. The third-order valence-electron chi connectivity index (χ3n) is 3.95. The largest absolute Gasteiger partial charge is 0.478 e. The van der Waals surface area contributed by atoms with E-state index in [1.807, 2.05) is 12.2 Å². The Labute approximate surface area is 119 Å². The van der Waals surface area contributed by atoms with Gasteiger partial charge in [0, 0.05) is 0 Å². The molecule has 1 aromatic carbocycles. The summed E-state index contributed by atoms with van der Waals surface area (Å²) in [4.78, 5) is 36.4. The minimum absolute atomic E-state index is 0.0851. The standard InChI is InChI=1S/C15H12FNO4/c16-12-7-8(5-6-11(12)15(20)21)17-13(18)9-3-1-2-4-10(9)14(17)19/h1-2,5-7,9-10H,3-4H2,(H,20,21)/t9-,10+. The molecule has 0 saturated carbocycles. The van der Waals surface area contributed by atoms with Crippen molar-refractivity contribution in [2.75, 3.05) is 4.90 Å². The van der Waals surface area contributed by atoms with Crippen LogP contribution in [0.1, 0.15) is 23.2 Å². The Morgan fingerprint density at radius 3 is 2.19 bits per heavy atom. The maximum absolute atomic E-state index is 13.7. The van der Waals surface area contributed by atoms with E-state index < -0.39 is 29.2 Å². The van der Waals surface area contributed by atoms with Gasteiger partial charge in [0.15, 0.2) is 0 Å². The molecule has 1 aliphatic heterocycles. The molecule has 1 aromatic rings. The molecular weight excluding hydrogens is 277 g/mol. The van der Waals surface area contributed by atoms with Gasteiger partial charge in [-0.25, -0.2) is 14.1 Å². The highest BCUT2D eigenvalue weighted by Gasteiger charge is 2.47. The minimum atomic E-state index is -1.39. The highest BCUT2D eigenvalue weighted by molar-refractivity contribution is 6.22. The molecule has 1 fully saturated rings. The zero-order chi connectivity index (χ0) is 15.1. The lowest BCUT2D eigenvalue weighted by Gasteiger charge is -2.15. The summed E-state index contributed by atoms with van der Waals surface area (Å²) in [7, 11) is 0. The summed E-state index contributed by atoms with van der Waals surface area (Å²) < 4.78 is 13.7. The Morgan fingerprint density at radius 2 is 1.71 bits per heavy atom. The molecule has 2 atom stereocenters. The molecule has 0 aromatic heterocycles. The number of carbonyl (C=O) groups excluding carboxylic acids is 2. The summed E-state index contributed by atoms with van der Waals surface area (Å²) in [5.74, 6) is -3.85. The van der Waals surface area contributed by atoms with E-state index in [9.17, 15) is 18.8 Å². The number of amides is 2. The molecule has 0 spiro atoms. The summed E-state index contributed by atoms with van der Waals surface area (Å²) in [5, 5.41) is 8.80. The van der Waals surface area contributed by atoms with Crippen molar-refractivity contribution >= 4 is 23.5 Å². The molecule has 108 valence electrons. The van der Waals surface area contributed by atoms with E-state index in [1.165, 1.54) is 6.07 Å². The van der Waals surface area contributed by atoms with Gasteiger partial charge in [0.25, 0.3) is 0 Å². The lowest BCUT2D eigenvalue weighted by atomic mass is 9.85. The van der Waals surface area contributed by atoms with Crippen molar-refractivity contribution in [2.24, 2.45) is 11.8 Å². The predicted octanol–water partition coefficient (Wildman–Crippen LogP) is 1.98. The Balaban J connectivity index is 1.98. The third-order valence-corrected chi connectivity index (χ3v) is 3.95. The molecule has 5 nitrogen and oxygen atoms in total. The van der Waals surface area contributed by atoms with Gasteiger partial charge in [0.2, 0.25) is 11.8 Å². The monoisotopic (exact) mass is 289 g/mol. The number of hydrogen-bond donors (Lipinski definition) is 1. The van der Waals surface area contributed by atoms with Crippen LogP contribution in [-0.2, 0) is 9.59 Å². The second-order valence-electron chi connectivity index (χ2n) is 5.14. The number of allylic oxidation sites excluding steroid dienone is 2. The lowest BCUT2D eigenvalue weighted by molar-refractivity contribution is -0.122. The van der Waals surface area contributed by atoms with Crippen LogP contribution in [0.2, 0.25) is 0 Å². The average Bonchev–Trinajstić information content (AvgIpc) is 2.71. The van der Waals surface area contributed by atoms with Gasteiger partial charge >= 0.3 is 5.97 Å². The molecule has 1 saturated heterocycles. The van der Waals surface area contributed by atoms with Gasteiger partial charge in [0.1, 0.15) is 5.82 Å². The molecule has 21 heavy (non-hydrogen) atoms. The van der Waals surface area contributed by atoms with Crippen molar-refractivity contribution in [3.63, 3.8) is 0 Å². The molecular formula is C15H12FNO4. The van der Waals surface area contributed by atoms with E-state index in [0.29, 0.717) is 12.8 Å². The van der Waals surface area contributed by atoms with Crippen molar-refractivity contribution in [3.8, 4) is 0 Å². The minimum Gasteiger partial charge on any atom is -0.478 e. The van der Waals surface area contributed by atoms with Crippen LogP contribution < -0.4 is 4.90 Å². The normalized spacial score (nSPS) is 24.3. The fraction of sp³-hybridized carbons (Fsp3) is 0.267. The average molecular weight is 289 g/mol. The van der Waals surface area contributed by atoms with Gasteiger partial charge in [-0.2, -0.15) is 0 Å². The van der Waals surface area contributed by atoms with Crippen LogP contribution in [0.25, 0.3) is 0 Å². The van der Waals surface area contributed by atoms with Gasteiger partial charge < -0.3 is 5.11 Å². The number of hydrogen-bond acceptors (Lipinski definition) is 3. The number of imide groups is 1. The topological polar surface area (TPSA) is 74.7 Å². The molecule has 3 rings (SSSR count). The first-order valence-corrected chi connectivity index (χ1v) is 6.56. The van der Waals surface area contributed by atoms with Crippen molar-refractivity contribution in [3.05, 3.63) is 41.7 Å². The highest BCUT2D eigenvalue weighted by Crippen LogP contribution is 2.37. The first kappa shape index (κ1) is 13.5. The fourth-order valence-electron chi connectivity index (χ4n) is 2.87. The second kappa shape index (κ2) is 4.80. The molecule has 1 N–H and O–H groups in total. The number of anilines is 1. The van der Waals surface area contributed by atoms with Crippen LogP contribution in [0, 0.1) is 17.7 Å². The quantitative estimate of drug-likeness (QED) is 0.667. The van der Waals surface area contributed by atoms with E-state index in [-0.39, 0.29) is 17.5 Å². The van der Waals surface area contributed by atoms with Gasteiger partial charge in [-0.1, -0.05) is 12.2 Å². The van der Waals surface area contributed by atoms with Crippen LogP contribution in [0.15, 0.2) is 30.4 Å². The van der Waals surface area contributed by atoms with E-state index in [4.69, 9.17) is 5.11 Å². The maximum atomic E-state index is 13.7. The summed E-state index contributed by atoms with van der Waals surface area (Å²) in [6.45, 7) is 0. The number of aromatic carboxylic acids is 1. The van der Waals surface area contributed by atoms with E-state index in [0.717, 1.165) is 17.0 Å². The molecule has 0 radical (unpaired) electrons. The van der Waals surface area contributed by atoms with E-state index >= 15 is 0 Å². The first-order chi connectivity index (χ1) is 10.0. The highest BCUT2D eigenvalue weighted by atomic mass is 19.1. The first-order valence-electron chi connectivity index (χ1n) is 6.56. The molecule has 0 bridgehead atoms. The number of benzene rings is 1. The van der Waals surface area contributed by atoms with Crippen LogP contribution in [0.3, 0.4) is 0 Å². The van der Waals surface area contributed by atoms with Crippen molar-refractivity contribution in [1.29, 1.82) is 0 Å². The van der Waals surface area contributed by atoms with Gasteiger partial charge in [-0.3, -0.25) is 9.59 Å². The fourth-order valence-corrected chi connectivity index (χ4v) is 2.87. The molecule has 0 unspecified atom stereocenters. The van der Waals surface area contributed by atoms with Crippen molar-refractivity contribution < 1.29 is 23.9 Å². The zero-order valence-corrected chi connectivity index (χ0v) is 11.0. The Bertz CT molecular complexity index is 656. The Kier molecular flexibility index (Phi) is 3.08. The Hall–Kier alpha value is -2.50. The lowest BCUT2D eigenvalue weighted by Crippen LogP contribution is -2.31. The zero-order valence-electron chi connectivity index (χ0n) is 11.0. The third kappa shape index (κ3) is 2.03. The van der Waals surface area contributed by atoms with Crippen molar-refractivity contribution in [2.45, 2.75) is 12.8 Å². The molecule has 1 heterocycles. The van der Waals surface area contributed by atoms with Crippen LogP contribution in [0.5, 0.6) is 0 Å². The van der Waals surface area contributed by atoms with Crippen LogP contribution >= 0.6 is 0 Å². The molecule has 1 aliphatic carbocycles. The van der Waals surface area contributed by atoms with Gasteiger partial charge in [0.05, 0.1) is 23.1 Å². The predicted molar refractivity (Wildman–Crippen MR) is 71.2 cm³/mol.